The van der Waals surface area contributed by atoms with Crippen molar-refractivity contribution in [1.29, 1.82) is 0 Å². The van der Waals surface area contributed by atoms with Crippen LogP contribution >= 0.6 is 22.6 Å². The molecule has 1 aliphatic rings. The summed E-state index contributed by atoms with van der Waals surface area (Å²) in [4.78, 5) is 21.6. The molecule has 138 valence electrons. The normalized spacial score (nSPS) is 15.1. The third-order valence-electron chi connectivity index (χ3n) is 4.84. The highest BCUT2D eigenvalue weighted by molar-refractivity contribution is 14.1. The lowest BCUT2D eigenvalue weighted by Crippen LogP contribution is -2.48. The number of amides is 1. The van der Waals surface area contributed by atoms with Crippen molar-refractivity contribution in [2.45, 2.75) is 6.54 Å². The Balaban J connectivity index is 1.42. The molecule has 0 bridgehead atoms. The van der Waals surface area contributed by atoms with E-state index >= 15 is 0 Å². The van der Waals surface area contributed by atoms with E-state index in [1.54, 1.807) is 6.20 Å². The van der Waals surface area contributed by atoms with Gasteiger partial charge in [-0.1, -0.05) is 12.1 Å². The first kappa shape index (κ1) is 18.2. The highest BCUT2D eigenvalue weighted by Gasteiger charge is 2.24. The molecular formula is C21H21IN4O. The summed E-state index contributed by atoms with van der Waals surface area (Å²) in [5, 5.41) is 0. The van der Waals surface area contributed by atoms with Gasteiger partial charge in [-0.05, 0) is 64.6 Å². The van der Waals surface area contributed by atoms with Gasteiger partial charge in [0, 0.05) is 60.6 Å². The molecule has 1 saturated heterocycles. The number of rotatable bonds is 4. The van der Waals surface area contributed by atoms with Crippen molar-refractivity contribution in [1.82, 2.24) is 19.4 Å². The average Bonchev–Trinajstić information content (AvgIpc) is 3.19. The van der Waals surface area contributed by atoms with Crippen LogP contribution in [-0.2, 0) is 6.54 Å². The molecule has 0 atom stereocenters. The number of nitrogens with zero attached hydrogens (tertiary/aromatic N) is 4. The van der Waals surface area contributed by atoms with Crippen molar-refractivity contribution >= 4 is 28.5 Å². The fourth-order valence-electron chi connectivity index (χ4n) is 3.43. The van der Waals surface area contributed by atoms with Gasteiger partial charge in [0.15, 0.2) is 0 Å². The molecule has 0 aliphatic carbocycles. The lowest BCUT2D eigenvalue weighted by Gasteiger charge is -2.34. The number of benzene rings is 1. The smallest absolute Gasteiger partial charge is 0.270 e. The van der Waals surface area contributed by atoms with Crippen molar-refractivity contribution in [3.8, 4) is 5.69 Å². The van der Waals surface area contributed by atoms with E-state index in [0.717, 1.165) is 47.7 Å². The molecule has 0 spiro atoms. The molecule has 1 fully saturated rings. The van der Waals surface area contributed by atoms with E-state index in [1.807, 2.05) is 52.2 Å². The molecule has 0 N–H and O–H groups in total. The number of pyridine rings is 1. The van der Waals surface area contributed by atoms with Crippen LogP contribution in [0.2, 0.25) is 0 Å². The van der Waals surface area contributed by atoms with Gasteiger partial charge in [0.1, 0.15) is 5.69 Å². The maximum Gasteiger partial charge on any atom is 0.270 e. The lowest BCUT2D eigenvalue weighted by atomic mass is 10.2. The molecular weight excluding hydrogens is 451 g/mol. The molecule has 3 aromatic rings. The summed E-state index contributed by atoms with van der Waals surface area (Å²) in [5.74, 6) is 0.0971. The Morgan fingerprint density at radius 1 is 1.04 bits per heavy atom. The van der Waals surface area contributed by atoms with Crippen LogP contribution in [0, 0.1) is 3.57 Å². The van der Waals surface area contributed by atoms with Crippen molar-refractivity contribution in [2.75, 3.05) is 26.2 Å². The fraction of sp³-hybridized carbons (Fsp3) is 0.238. The first-order valence-corrected chi connectivity index (χ1v) is 10.1. The summed E-state index contributed by atoms with van der Waals surface area (Å²) < 4.78 is 3.13. The molecule has 3 heterocycles. The molecule has 2 aromatic heterocycles. The first-order chi connectivity index (χ1) is 13.2. The van der Waals surface area contributed by atoms with Gasteiger partial charge in [-0.25, -0.2) is 0 Å². The molecule has 0 unspecified atom stereocenters. The molecule has 1 aromatic carbocycles. The number of carbonyl (C=O) groups excluding carboxylic acids is 1. The highest BCUT2D eigenvalue weighted by atomic mass is 127. The van der Waals surface area contributed by atoms with Crippen LogP contribution in [0.3, 0.4) is 0 Å². The SMILES string of the molecule is O=C(c1cccn1-c1cccc(I)c1)N1CCN(Cc2cccnc2)CC1. The van der Waals surface area contributed by atoms with Crippen molar-refractivity contribution in [3.63, 3.8) is 0 Å². The van der Waals surface area contributed by atoms with E-state index in [9.17, 15) is 4.79 Å². The van der Waals surface area contributed by atoms with E-state index in [1.165, 1.54) is 5.56 Å². The van der Waals surface area contributed by atoms with Crippen molar-refractivity contribution in [3.05, 3.63) is 81.9 Å². The minimum atomic E-state index is 0.0971. The van der Waals surface area contributed by atoms with Crippen LogP contribution in [0.4, 0.5) is 0 Å². The Labute approximate surface area is 172 Å². The van der Waals surface area contributed by atoms with Gasteiger partial charge in [0.05, 0.1) is 0 Å². The van der Waals surface area contributed by atoms with Gasteiger partial charge >= 0.3 is 0 Å². The molecule has 0 radical (unpaired) electrons. The van der Waals surface area contributed by atoms with Gasteiger partial charge < -0.3 is 9.47 Å². The Bertz CT molecular complexity index is 917. The second-order valence-electron chi connectivity index (χ2n) is 6.67. The molecule has 27 heavy (non-hydrogen) atoms. The first-order valence-electron chi connectivity index (χ1n) is 9.04. The number of hydrogen-bond donors (Lipinski definition) is 0. The quantitative estimate of drug-likeness (QED) is 0.547. The standard InChI is InChI=1S/C21H21IN4O/c22-18-5-1-6-19(14-18)26-9-3-7-20(26)21(27)25-12-10-24(11-13-25)16-17-4-2-8-23-15-17/h1-9,14-15H,10-13,16H2. The van der Waals surface area contributed by atoms with Crippen LogP contribution in [0.5, 0.6) is 0 Å². The molecule has 0 saturated carbocycles. The summed E-state index contributed by atoms with van der Waals surface area (Å²) in [6.07, 6.45) is 5.66. The van der Waals surface area contributed by atoms with Gasteiger partial charge in [0.2, 0.25) is 0 Å². The minimum absolute atomic E-state index is 0.0971. The van der Waals surface area contributed by atoms with E-state index in [4.69, 9.17) is 0 Å². The van der Waals surface area contributed by atoms with Crippen LogP contribution in [0.1, 0.15) is 16.1 Å². The Morgan fingerprint density at radius 2 is 1.89 bits per heavy atom. The number of carbonyl (C=O) groups is 1. The second-order valence-corrected chi connectivity index (χ2v) is 7.92. The highest BCUT2D eigenvalue weighted by Crippen LogP contribution is 2.18. The summed E-state index contributed by atoms with van der Waals surface area (Å²) >= 11 is 2.30. The fourth-order valence-corrected chi connectivity index (χ4v) is 3.95. The number of hydrogen-bond acceptors (Lipinski definition) is 3. The van der Waals surface area contributed by atoms with Gasteiger partial charge in [-0.3, -0.25) is 14.7 Å². The lowest BCUT2D eigenvalue weighted by molar-refractivity contribution is 0.0620. The Kier molecular flexibility index (Phi) is 5.54. The average molecular weight is 472 g/mol. The molecule has 4 rings (SSSR count). The Morgan fingerprint density at radius 3 is 2.63 bits per heavy atom. The number of piperazine rings is 1. The monoisotopic (exact) mass is 472 g/mol. The molecule has 1 aliphatic heterocycles. The minimum Gasteiger partial charge on any atom is -0.335 e. The van der Waals surface area contributed by atoms with Crippen molar-refractivity contribution < 1.29 is 4.79 Å². The van der Waals surface area contributed by atoms with Crippen LogP contribution in [-0.4, -0.2) is 51.4 Å². The molecule has 1 amide bonds. The predicted octanol–water partition coefficient (Wildman–Crippen LogP) is 3.43. The summed E-state index contributed by atoms with van der Waals surface area (Å²) in [5.41, 5.74) is 2.95. The topological polar surface area (TPSA) is 41.4 Å². The van der Waals surface area contributed by atoms with Crippen LogP contribution in [0.25, 0.3) is 5.69 Å². The van der Waals surface area contributed by atoms with Gasteiger partial charge in [0.25, 0.3) is 5.91 Å². The van der Waals surface area contributed by atoms with Gasteiger partial charge in [-0.2, -0.15) is 0 Å². The van der Waals surface area contributed by atoms with E-state index in [0.29, 0.717) is 0 Å². The third kappa shape index (κ3) is 4.22. The number of halogens is 1. The van der Waals surface area contributed by atoms with E-state index in [-0.39, 0.29) is 5.91 Å². The maximum absolute atomic E-state index is 13.1. The summed E-state index contributed by atoms with van der Waals surface area (Å²) in [6, 6.07) is 16.1. The zero-order valence-corrected chi connectivity index (χ0v) is 17.1. The zero-order chi connectivity index (χ0) is 18.6. The largest absolute Gasteiger partial charge is 0.335 e. The van der Waals surface area contributed by atoms with Crippen LogP contribution < -0.4 is 0 Å². The second kappa shape index (κ2) is 8.22. The molecule has 6 heteroatoms. The van der Waals surface area contributed by atoms with Crippen molar-refractivity contribution in [2.24, 2.45) is 0 Å². The van der Waals surface area contributed by atoms with E-state index in [2.05, 4.69) is 50.7 Å². The summed E-state index contributed by atoms with van der Waals surface area (Å²) in [7, 11) is 0. The Hall–Kier alpha value is -2.19. The van der Waals surface area contributed by atoms with Gasteiger partial charge in [-0.15, -0.1) is 0 Å². The predicted molar refractivity (Wildman–Crippen MR) is 114 cm³/mol. The van der Waals surface area contributed by atoms with E-state index < -0.39 is 0 Å². The molecule has 5 nitrogen and oxygen atoms in total. The maximum atomic E-state index is 13.1. The zero-order valence-electron chi connectivity index (χ0n) is 15.0. The van der Waals surface area contributed by atoms with Crippen LogP contribution in [0.15, 0.2) is 67.1 Å². The summed E-state index contributed by atoms with van der Waals surface area (Å²) in [6.45, 7) is 4.14. The third-order valence-corrected chi connectivity index (χ3v) is 5.51. The number of aromatic nitrogens is 2.